The molecule has 0 unspecified atom stereocenters. The van der Waals surface area contributed by atoms with Gasteiger partial charge in [-0.3, -0.25) is 4.79 Å². The summed E-state index contributed by atoms with van der Waals surface area (Å²) >= 11 is 0. The van der Waals surface area contributed by atoms with E-state index < -0.39 is 17.7 Å². The standard InChI is InChI=1S/C9H13F2NO/c10-7-5-12(6-7)8(13)9(11)3-1-2-4-9/h7H,1-6H2. The number of hydrogen-bond acceptors (Lipinski definition) is 1. The smallest absolute Gasteiger partial charge is 0.260 e. The summed E-state index contributed by atoms with van der Waals surface area (Å²) in [5.41, 5.74) is -1.67. The van der Waals surface area contributed by atoms with Gasteiger partial charge < -0.3 is 4.90 Å². The van der Waals surface area contributed by atoms with Crippen LogP contribution in [0.4, 0.5) is 8.78 Å². The minimum atomic E-state index is -1.67. The van der Waals surface area contributed by atoms with Crippen molar-refractivity contribution in [3.8, 4) is 0 Å². The number of carbonyl (C=O) groups is 1. The number of nitrogens with zero attached hydrogens (tertiary/aromatic N) is 1. The summed E-state index contributed by atoms with van der Waals surface area (Å²) in [7, 11) is 0. The Kier molecular flexibility index (Phi) is 2.00. The minimum Gasteiger partial charge on any atom is -0.334 e. The van der Waals surface area contributed by atoms with Gasteiger partial charge in [0.25, 0.3) is 5.91 Å². The largest absolute Gasteiger partial charge is 0.334 e. The summed E-state index contributed by atoms with van der Waals surface area (Å²) in [5.74, 6) is -0.487. The molecule has 1 aliphatic heterocycles. The van der Waals surface area contributed by atoms with Crippen molar-refractivity contribution >= 4 is 5.91 Å². The van der Waals surface area contributed by atoms with Crippen LogP contribution in [0.2, 0.25) is 0 Å². The van der Waals surface area contributed by atoms with Crippen LogP contribution in [0.1, 0.15) is 25.7 Å². The average Bonchev–Trinajstić information content (AvgIpc) is 2.46. The molecule has 0 aromatic carbocycles. The Balaban J connectivity index is 1.96. The van der Waals surface area contributed by atoms with E-state index in [4.69, 9.17) is 0 Å². The predicted molar refractivity (Wildman–Crippen MR) is 43.8 cm³/mol. The highest BCUT2D eigenvalue weighted by Crippen LogP contribution is 2.36. The van der Waals surface area contributed by atoms with E-state index in [0.717, 1.165) is 12.8 Å². The Labute approximate surface area is 75.9 Å². The quantitative estimate of drug-likeness (QED) is 0.611. The Morgan fingerprint density at radius 1 is 1.31 bits per heavy atom. The van der Waals surface area contributed by atoms with E-state index in [9.17, 15) is 13.6 Å². The molecule has 74 valence electrons. The first-order valence-corrected chi connectivity index (χ1v) is 4.74. The molecule has 0 atom stereocenters. The maximum absolute atomic E-state index is 13.8. The molecule has 1 aliphatic carbocycles. The van der Waals surface area contributed by atoms with E-state index in [1.165, 1.54) is 4.90 Å². The van der Waals surface area contributed by atoms with E-state index >= 15 is 0 Å². The molecular weight excluding hydrogens is 176 g/mol. The first kappa shape index (κ1) is 8.91. The number of carbonyl (C=O) groups excluding carboxylic acids is 1. The molecule has 13 heavy (non-hydrogen) atoms. The second kappa shape index (κ2) is 2.93. The number of halogens is 2. The lowest BCUT2D eigenvalue weighted by atomic mass is 10.0. The molecule has 2 aliphatic rings. The highest BCUT2D eigenvalue weighted by Gasteiger charge is 2.46. The third-order valence-electron chi connectivity index (χ3n) is 2.90. The summed E-state index contributed by atoms with van der Waals surface area (Å²) in [6.07, 6.45) is 1.25. The van der Waals surface area contributed by atoms with Crippen molar-refractivity contribution in [1.82, 2.24) is 4.90 Å². The molecule has 0 radical (unpaired) electrons. The van der Waals surface area contributed by atoms with Gasteiger partial charge in [0.15, 0.2) is 5.67 Å². The van der Waals surface area contributed by atoms with Crippen LogP contribution >= 0.6 is 0 Å². The van der Waals surface area contributed by atoms with Crippen molar-refractivity contribution in [2.75, 3.05) is 13.1 Å². The second-order valence-corrected chi connectivity index (χ2v) is 3.98. The van der Waals surface area contributed by atoms with Gasteiger partial charge in [-0.15, -0.1) is 0 Å². The summed E-state index contributed by atoms with van der Waals surface area (Å²) < 4.78 is 26.2. The van der Waals surface area contributed by atoms with Crippen molar-refractivity contribution in [2.24, 2.45) is 0 Å². The summed E-state index contributed by atoms with van der Waals surface area (Å²) in [6.45, 7) is 0.176. The first-order valence-electron chi connectivity index (χ1n) is 4.74. The fourth-order valence-corrected chi connectivity index (χ4v) is 2.02. The van der Waals surface area contributed by atoms with Crippen LogP contribution in [-0.2, 0) is 4.79 Å². The third-order valence-corrected chi connectivity index (χ3v) is 2.90. The van der Waals surface area contributed by atoms with Crippen LogP contribution in [0.3, 0.4) is 0 Å². The van der Waals surface area contributed by atoms with E-state index in [1.54, 1.807) is 0 Å². The fraction of sp³-hybridized carbons (Fsp3) is 0.889. The van der Waals surface area contributed by atoms with Crippen LogP contribution in [0.5, 0.6) is 0 Å². The van der Waals surface area contributed by atoms with Crippen molar-refractivity contribution in [2.45, 2.75) is 37.5 Å². The van der Waals surface area contributed by atoms with Gasteiger partial charge in [-0.25, -0.2) is 8.78 Å². The molecule has 0 aromatic heterocycles. The molecular formula is C9H13F2NO. The van der Waals surface area contributed by atoms with E-state index in [-0.39, 0.29) is 13.1 Å². The molecule has 0 spiro atoms. The Bertz CT molecular complexity index is 220. The minimum absolute atomic E-state index is 0.0878. The molecule has 1 amide bonds. The zero-order valence-electron chi connectivity index (χ0n) is 7.43. The molecule has 0 aromatic rings. The molecule has 1 heterocycles. The number of rotatable bonds is 1. The highest BCUT2D eigenvalue weighted by molar-refractivity contribution is 5.86. The molecule has 2 nitrogen and oxygen atoms in total. The van der Waals surface area contributed by atoms with Gasteiger partial charge in [0, 0.05) is 0 Å². The number of amides is 1. The Hall–Kier alpha value is -0.670. The lowest BCUT2D eigenvalue weighted by molar-refractivity contribution is -0.151. The summed E-state index contributed by atoms with van der Waals surface area (Å²) in [4.78, 5) is 12.8. The van der Waals surface area contributed by atoms with Gasteiger partial charge >= 0.3 is 0 Å². The molecule has 2 rings (SSSR count). The van der Waals surface area contributed by atoms with Gasteiger partial charge in [-0.05, 0) is 25.7 Å². The van der Waals surface area contributed by atoms with Gasteiger partial charge in [-0.2, -0.15) is 0 Å². The van der Waals surface area contributed by atoms with Crippen molar-refractivity contribution < 1.29 is 13.6 Å². The topological polar surface area (TPSA) is 20.3 Å². The lowest BCUT2D eigenvalue weighted by Crippen LogP contribution is -2.57. The normalized spacial score (nSPS) is 27.4. The van der Waals surface area contributed by atoms with Crippen LogP contribution in [-0.4, -0.2) is 35.7 Å². The zero-order chi connectivity index (χ0) is 9.47. The van der Waals surface area contributed by atoms with Crippen LogP contribution in [0.15, 0.2) is 0 Å². The van der Waals surface area contributed by atoms with Gasteiger partial charge in [0.1, 0.15) is 6.17 Å². The predicted octanol–water partition coefficient (Wildman–Crippen LogP) is 1.45. The first-order chi connectivity index (χ1) is 6.12. The zero-order valence-corrected chi connectivity index (χ0v) is 7.43. The Morgan fingerprint density at radius 2 is 1.85 bits per heavy atom. The maximum atomic E-state index is 13.8. The lowest BCUT2D eigenvalue weighted by Gasteiger charge is -2.37. The molecule has 1 saturated heterocycles. The summed E-state index contributed by atoms with van der Waals surface area (Å²) in [5, 5.41) is 0. The van der Waals surface area contributed by atoms with Crippen molar-refractivity contribution in [1.29, 1.82) is 0 Å². The van der Waals surface area contributed by atoms with Crippen molar-refractivity contribution in [3.05, 3.63) is 0 Å². The maximum Gasteiger partial charge on any atom is 0.260 e. The molecule has 4 heteroatoms. The van der Waals surface area contributed by atoms with Gasteiger partial charge in [0.05, 0.1) is 13.1 Å². The molecule has 0 bridgehead atoms. The van der Waals surface area contributed by atoms with E-state index in [0.29, 0.717) is 12.8 Å². The Morgan fingerprint density at radius 3 is 2.31 bits per heavy atom. The van der Waals surface area contributed by atoms with E-state index in [1.807, 2.05) is 0 Å². The van der Waals surface area contributed by atoms with Gasteiger partial charge in [-0.1, -0.05) is 0 Å². The average molecular weight is 189 g/mol. The monoisotopic (exact) mass is 189 g/mol. The number of alkyl halides is 2. The van der Waals surface area contributed by atoms with Crippen LogP contribution in [0.25, 0.3) is 0 Å². The second-order valence-electron chi connectivity index (χ2n) is 3.98. The van der Waals surface area contributed by atoms with Crippen LogP contribution in [0, 0.1) is 0 Å². The van der Waals surface area contributed by atoms with Crippen molar-refractivity contribution in [3.63, 3.8) is 0 Å². The van der Waals surface area contributed by atoms with Crippen LogP contribution < -0.4 is 0 Å². The molecule has 2 fully saturated rings. The highest BCUT2D eigenvalue weighted by atomic mass is 19.1. The summed E-state index contributed by atoms with van der Waals surface area (Å²) in [6, 6.07) is 0. The number of likely N-dealkylation sites (tertiary alicyclic amines) is 1. The number of hydrogen-bond donors (Lipinski definition) is 0. The third kappa shape index (κ3) is 1.42. The SMILES string of the molecule is O=C(N1CC(F)C1)C1(F)CCCC1. The molecule has 1 saturated carbocycles. The molecule has 0 N–H and O–H groups in total. The van der Waals surface area contributed by atoms with Gasteiger partial charge in [0.2, 0.25) is 0 Å². The van der Waals surface area contributed by atoms with E-state index in [2.05, 4.69) is 0 Å². The fourth-order valence-electron chi connectivity index (χ4n) is 2.02.